The highest BCUT2D eigenvalue weighted by Gasteiger charge is 2.41. The molecule has 0 saturated heterocycles. The maximum Gasteiger partial charge on any atom is 0.336 e. The van der Waals surface area contributed by atoms with Gasteiger partial charge >= 0.3 is 5.97 Å². The highest BCUT2D eigenvalue weighted by atomic mass is 35.5. The monoisotopic (exact) mass is 478 g/mol. The highest BCUT2D eigenvalue weighted by molar-refractivity contribution is 6.31. The summed E-state index contributed by atoms with van der Waals surface area (Å²) in [6.45, 7) is 7.94. The summed E-state index contributed by atoms with van der Waals surface area (Å²) in [7, 11) is 1.38. The third-order valence-electron chi connectivity index (χ3n) is 6.93. The number of methoxy groups -OCH3 is 1. The zero-order valence-corrected chi connectivity index (χ0v) is 20.9. The smallest absolute Gasteiger partial charge is 0.336 e. The normalized spacial score (nSPS) is 20.1. The summed E-state index contributed by atoms with van der Waals surface area (Å²) in [5.41, 5.74) is 5.73. The Morgan fingerprint density at radius 2 is 1.76 bits per heavy atom. The Balaban J connectivity index is 1.78. The van der Waals surface area contributed by atoms with Gasteiger partial charge in [-0.1, -0.05) is 41.9 Å². The van der Waals surface area contributed by atoms with E-state index in [4.69, 9.17) is 16.3 Å². The van der Waals surface area contributed by atoms with Crippen LogP contribution in [0.4, 0.5) is 5.69 Å². The molecule has 1 N–H and O–H groups in total. The first kappa shape index (κ1) is 24.1. The maximum atomic E-state index is 13.6. The number of hydrogen-bond donors (Lipinski definition) is 1. The molecule has 0 fully saturated rings. The Hall–Kier alpha value is -3.05. The lowest BCUT2D eigenvalue weighted by molar-refractivity contribution is -0.136. The lowest BCUT2D eigenvalue weighted by Gasteiger charge is -2.37. The Kier molecular flexibility index (Phi) is 7.13. The van der Waals surface area contributed by atoms with E-state index in [9.17, 15) is 9.59 Å². The summed E-state index contributed by atoms with van der Waals surface area (Å²) in [6.07, 6.45) is 1.01. The van der Waals surface area contributed by atoms with Crippen molar-refractivity contribution in [2.75, 3.05) is 25.1 Å². The third-order valence-corrected chi connectivity index (χ3v) is 7.28. The van der Waals surface area contributed by atoms with Crippen LogP contribution in [0.3, 0.4) is 0 Å². The minimum absolute atomic E-state index is 0.00869. The van der Waals surface area contributed by atoms with Crippen molar-refractivity contribution in [3.05, 3.63) is 87.2 Å². The second-order valence-electron chi connectivity index (χ2n) is 8.79. The van der Waals surface area contributed by atoms with E-state index in [0.29, 0.717) is 29.0 Å². The summed E-state index contributed by atoms with van der Waals surface area (Å²) in [6, 6.07) is 15.9. The minimum Gasteiger partial charge on any atom is -0.466 e. The number of carbonyl (C=O) groups excluding carboxylic acids is 2. The zero-order chi connectivity index (χ0) is 24.4. The van der Waals surface area contributed by atoms with E-state index in [1.807, 2.05) is 43.3 Å². The number of nitrogens with zero attached hydrogens (tertiary/aromatic N) is 1. The van der Waals surface area contributed by atoms with Crippen molar-refractivity contribution in [3.8, 4) is 0 Å². The Bertz CT molecular complexity index is 1160. The average Bonchev–Trinajstić information content (AvgIpc) is 2.84. The van der Waals surface area contributed by atoms with E-state index in [1.54, 1.807) is 0 Å². The van der Waals surface area contributed by atoms with Gasteiger partial charge in [0.1, 0.15) is 0 Å². The van der Waals surface area contributed by atoms with Gasteiger partial charge in [-0.2, -0.15) is 0 Å². The molecule has 6 heteroatoms. The van der Waals surface area contributed by atoms with Gasteiger partial charge in [0.2, 0.25) is 0 Å². The van der Waals surface area contributed by atoms with Gasteiger partial charge in [-0.05, 0) is 62.4 Å². The van der Waals surface area contributed by atoms with E-state index in [0.717, 1.165) is 41.3 Å². The van der Waals surface area contributed by atoms with Crippen molar-refractivity contribution in [1.29, 1.82) is 0 Å². The van der Waals surface area contributed by atoms with Crippen molar-refractivity contribution in [3.63, 3.8) is 0 Å². The number of benzene rings is 2. The maximum absolute atomic E-state index is 13.6. The molecule has 0 amide bonds. The first-order chi connectivity index (χ1) is 16.4. The molecule has 178 valence electrons. The molecular weight excluding hydrogens is 448 g/mol. The van der Waals surface area contributed by atoms with Crippen molar-refractivity contribution in [2.24, 2.45) is 0 Å². The van der Waals surface area contributed by atoms with E-state index in [1.165, 1.54) is 7.11 Å². The van der Waals surface area contributed by atoms with Crippen LogP contribution in [0.15, 0.2) is 71.1 Å². The zero-order valence-electron chi connectivity index (χ0n) is 20.2. The molecule has 4 rings (SSSR count). The molecule has 2 aliphatic rings. The van der Waals surface area contributed by atoms with Gasteiger partial charge in [-0.3, -0.25) is 4.79 Å². The van der Waals surface area contributed by atoms with E-state index < -0.39 is 11.9 Å². The van der Waals surface area contributed by atoms with Crippen LogP contribution in [-0.2, 0) is 14.3 Å². The molecule has 0 spiro atoms. The highest BCUT2D eigenvalue weighted by Crippen LogP contribution is 2.46. The Morgan fingerprint density at radius 3 is 2.38 bits per heavy atom. The van der Waals surface area contributed by atoms with Crippen molar-refractivity contribution in [1.82, 2.24) is 5.32 Å². The standard InChI is InChI=1S/C28H31ClN2O3/c1-5-31(6-2)20-13-11-18(12-14-20)26-25(28(33)34-4)17(3)30-23-15-19(16-24(32)27(23)26)21-9-7-8-10-22(21)29/h7-14,19,26,30H,5-6,15-16H2,1-4H3/t19-,26-/m0/s1. The molecule has 34 heavy (non-hydrogen) atoms. The number of anilines is 1. The number of esters is 1. The van der Waals surface area contributed by atoms with Crippen LogP contribution in [0.25, 0.3) is 0 Å². The predicted octanol–water partition coefficient (Wildman–Crippen LogP) is 5.72. The van der Waals surface area contributed by atoms with Gasteiger partial charge in [0.15, 0.2) is 5.78 Å². The number of hydrogen-bond acceptors (Lipinski definition) is 5. The molecule has 2 aromatic carbocycles. The minimum atomic E-state index is -0.464. The molecule has 0 radical (unpaired) electrons. The topological polar surface area (TPSA) is 58.6 Å². The number of nitrogens with one attached hydrogen (secondary N) is 1. The molecule has 2 atom stereocenters. The number of dihydropyridines is 1. The number of halogens is 1. The number of ether oxygens (including phenoxy) is 1. The summed E-state index contributed by atoms with van der Waals surface area (Å²) in [4.78, 5) is 28.7. The summed E-state index contributed by atoms with van der Waals surface area (Å²) in [5, 5.41) is 4.04. The van der Waals surface area contributed by atoms with Crippen LogP contribution in [0.1, 0.15) is 56.6 Å². The second kappa shape index (κ2) is 10.1. The fourth-order valence-corrected chi connectivity index (χ4v) is 5.54. The second-order valence-corrected chi connectivity index (χ2v) is 9.20. The SMILES string of the molecule is CCN(CC)c1ccc([C@H]2C(C(=O)OC)=C(C)NC3=C2C(=O)C[C@@H](c2ccccc2Cl)C3)cc1. The van der Waals surface area contributed by atoms with E-state index in [-0.39, 0.29) is 11.7 Å². The fourth-order valence-electron chi connectivity index (χ4n) is 5.25. The fraction of sp³-hybridized carbons (Fsp3) is 0.357. The molecule has 1 heterocycles. The number of Topliss-reactive ketones (excluding diaryl/α,β-unsaturated/α-hetero) is 1. The first-order valence-electron chi connectivity index (χ1n) is 11.8. The summed E-state index contributed by atoms with van der Waals surface area (Å²) in [5.74, 6) is -0.861. The molecule has 0 saturated carbocycles. The number of rotatable bonds is 6. The van der Waals surface area contributed by atoms with Crippen LogP contribution in [0.5, 0.6) is 0 Å². The summed E-state index contributed by atoms with van der Waals surface area (Å²) < 4.78 is 5.13. The van der Waals surface area contributed by atoms with Gasteiger partial charge in [0, 0.05) is 53.1 Å². The molecule has 0 unspecified atom stereocenters. The number of carbonyl (C=O) groups is 2. The van der Waals surface area contributed by atoms with Crippen LogP contribution < -0.4 is 10.2 Å². The van der Waals surface area contributed by atoms with Gasteiger partial charge in [-0.25, -0.2) is 4.79 Å². The van der Waals surface area contributed by atoms with Crippen LogP contribution in [0, 0.1) is 0 Å². The first-order valence-corrected chi connectivity index (χ1v) is 12.2. The molecule has 2 aromatic rings. The Labute approximate surface area is 206 Å². The molecule has 5 nitrogen and oxygen atoms in total. The molecule has 0 aromatic heterocycles. The van der Waals surface area contributed by atoms with E-state index >= 15 is 0 Å². The lowest BCUT2D eigenvalue weighted by Crippen LogP contribution is -2.36. The number of ketones is 1. The van der Waals surface area contributed by atoms with E-state index in [2.05, 4.69) is 36.2 Å². The molecule has 1 aliphatic heterocycles. The summed E-state index contributed by atoms with van der Waals surface area (Å²) >= 11 is 6.46. The van der Waals surface area contributed by atoms with Crippen LogP contribution in [-0.4, -0.2) is 32.0 Å². The van der Waals surface area contributed by atoms with Crippen molar-refractivity contribution in [2.45, 2.75) is 45.4 Å². The van der Waals surface area contributed by atoms with Gasteiger partial charge in [0.05, 0.1) is 12.7 Å². The molecular formula is C28H31ClN2O3. The van der Waals surface area contributed by atoms with Crippen LogP contribution in [0.2, 0.25) is 5.02 Å². The third kappa shape index (κ3) is 4.37. The number of allylic oxidation sites excluding steroid dienone is 3. The Morgan fingerprint density at radius 1 is 1.09 bits per heavy atom. The predicted molar refractivity (Wildman–Crippen MR) is 136 cm³/mol. The van der Waals surface area contributed by atoms with Gasteiger partial charge < -0.3 is 15.0 Å². The quantitative estimate of drug-likeness (QED) is 0.538. The van der Waals surface area contributed by atoms with Crippen LogP contribution >= 0.6 is 11.6 Å². The largest absolute Gasteiger partial charge is 0.466 e. The van der Waals surface area contributed by atoms with Gasteiger partial charge in [-0.15, -0.1) is 0 Å². The van der Waals surface area contributed by atoms with Gasteiger partial charge in [0.25, 0.3) is 0 Å². The lowest BCUT2D eigenvalue weighted by atomic mass is 9.71. The van der Waals surface area contributed by atoms with Crippen molar-refractivity contribution < 1.29 is 14.3 Å². The van der Waals surface area contributed by atoms with Crippen molar-refractivity contribution >= 4 is 29.0 Å². The average molecular weight is 479 g/mol. The molecule has 1 aliphatic carbocycles. The molecule has 0 bridgehead atoms.